The molecule has 0 unspecified atom stereocenters. The highest BCUT2D eigenvalue weighted by atomic mass is 16.4. The lowest BCUT2D eigenvalue weighted by Crippen LogP contribution is -2.03. The van der Waals surface area contributed by atoms with Gasteiger partial charge in [-0.1, -0.05) is 0 Å². The van der Waals surface area contributed by atoms with Crippen LogP contribution < -0.4 is 0 Å². The average Bonchev–Trinajstić information content (AvgIpc) is 2.75. The highest BCUT2D eigenvalue weighted by molar-refractivity contribution is 6.02. The molecule has 0 radical (unpaired) electrons. The molecule has 0 saturated carbocycles. The molecular weight excluding hydrogens is 294 g/mol. The lowest BCUT2D eigenvalue weighted by molar-refractivity contribution is -0.137. The zero-order chi connectivity index (χ0) is 16.4. The summed E-state index contributed by atoms with van der Waals surface area (Å²) in [6, 6.07) is 2.33. The average molecular weight is 307 g/mol. The molecule has 0 atom stereocenters. The first-order valence-electron chi connectivity index (χ1n) is 6.37. The van der Waals surface area contributed by atoms with Crippen molar-refractivity contribution in [2.75, 3.05) is 0 Å². The number of benzene rings is 1. The van der Waals surface area contributed by atoms with E-state index in [0.717, 1.165) is 6.07 Å². The second-order valence-corrected chi connectivity index (χ2v) is 4.75. The number of aryl methyl sites for hydroxylation is 1. The van der Waals surface area contributed by atoms with Crippen LogP contribution in [0.25, 0.3) is 10.9 Å². The molecule has 1 heterocycles. The highest BCUT2D eigenvalue weighted by Crippen LogP contribution is 2.30. The summed E-state index contributed by atoms with van der Waals surface area (Å²) in [6.45, 7) is 0. The molecule has 8 heteroatoms. The minimum atomic E-state index is -1.34. The first kappa shape index (κ1) is 15.4. The summed E-state index contributed by atoms with van der Waals surface area (Å²) >= 11 is 0. The Morgan fingerprint density at radius 1 is 1.05 bits per heavy atom. The molecular formula is C14H13NO7. The summed E-state index contributed by atoms with van der Waals surface area (Å²) in [4.78, 5) is 35.5. The van der Waals surface area contributed by atoms with Crippen LogP contribution in [0.2, 0.25) is 0 Å². The summed E-state index contributed by atoms with van der Waals surface area (Å²) in [6.07, 6.45) is 0.249. The number of phenols is 1. The molecule has 0 fully saturated rings. The third kappa shape index (κ3) is 2.85. The molecule has 8 nitrogen and oxygen atoms in total. The number of hydrogen-bond acceptors (Lipinski definition) is 4. The lowest BCUT2D eigenvalue weighted by atomic mass is 10.0. The molecule has 1 aromatic heterocycles. The first-order valence-corrected chi connectivity index (χ1v) is 6.37. The molecule has 0 spiro atoms. The number of fused-ring (bicyclic) bond motifs is 1. The van der Waals surface area contributed by atoms with Crippen molar-refractivity contribution >= 4 is 28.8 Å². The Kier molecular flexibility index (Phi) is 4.02. The normalized spacial score (nSPS) is 10.7. The van der Waals surface area contributed by atoms with Gasteiger partial charge in [0.2, 0.25) is 0 Å². The summed E-state index contributed by atoms with van der Waals surface area (Å²) < 4.78 is 0. The SMILES string of the molecule is O=C(O)CCCc1c(C(=O)O)[nH]c2cc(O)c(C(=O)O)cc12. The van der Waals surface area contributed by atoms with Crippen LogP contribution in [0.4, 0.5) is 0 Å². The van der Waals surface area contributed by atoms with Gasteiger partial charge in [-0.15, -0.1) is 0 Å². The molecule has 116 valence electrons. The Bertz CT molecular complexity index is 775. The molecule has 0 amide bonds. The van der Waals surface area contributed by atoms with Crippen molar-refractivity contribution in [1.82, 2.24) is 4.98 Å². The largest absolute Gasteiger partial charge is 0.507 e. The number of carboxylic acid groups (broad SMARTS) is 3. The van der Waals surface area contributed by atoms with Crippen LogP contribution in [0.5, 0.6) is 5.75 Å². The standard InChI is InChI=1S/C14H13NO7/c16-10-5-9-7(4-8(10)13(19)20)6(2-1-3-11(17)18)12(15-9)14(21)22/h4-5,15-16H,1-3H2,(H,17,18)(H,19,20)(H,21,22). The van der Waals surface area contributed by atoms with E-state index in [1.54, 1.807) is 0 Å². The third-order valence-electron chi connectivity index (χ3n) is 3.28. The number of H-pyrrole nitrogens is 1. The van der Waals surface area contributed by atoms with Crippen molar-refractivity contribution in [3.8, 4) is 5.75 Å². The van der Waals surface area contributed by atoms with Crippen LogP contribution in [0.1, 0.15) is 39.3 Å². The van der Waals surface area contributed by atoms with Crippen LogP contribution in [-0.4, -0.2) is 43.3 Å². The number of aromatic carboxylic acids is 2. The van der Waals surface area contributed by atoms with Crippen molar-refractivity contribution in [2.24, 2.45) is 0 Å². The Morgan fingerprint density at radius 3 is 2.27 bits per heavy atom. The predicted octanol–water partition coefficient (Wildman–Crippen LogP) is 1.68. The van der Waals surface area contributed by atoms with E-state index in [1.807, 2.05) is 0 Å². The van der Waals surface area contributed by atoms with Gasteiger partial charge in [0.1, 0.15) is 17.0 Å². The number of aliphatic carboxylic acids is 1. The van der Waals surface area contributed by atoms with E-state index >= 15 is 0 Å². The van der Waals surface area contributed by atoms with E-state index in [2.05, 4.69) is 4.98 Å². The molecule has 0 aliphatic heterocycles. The van der Waals surface area contributed by atoms with E-state index in [-0.39, 0.29) is 36.0 Å². The van der Waals surface area contributed by atoms with Gasteiger partial charge >= 0.3 is 17.9 Å². The molecule has 0 saturated heterocycles. The highest BCUT2D eigenvalue weighted by Gasteiger charge is 2.20. The molecule has 0 bridgehead atoms. The van der Waals surface area contributed by atoms with Gasteiger partial charge in [-0.05, 0) is 24.5 Å². The summed E-state index contributed by atoms with van der Waals surface area (Å²) in [7, 11) is 0. The molecule has 1 aromatic carbocycles. The molecule has 0 aliphatic rings. The fraction of sp³-hybridized carbons (Fsp3) is 0.214. The second-order valence-electron chi connectivity index (χ2n) is 4.75. The monoisotopic (exact) mass is 307 g/mol. The maximum Gasteiger partial charge on any atom is 0.352 e. The number of rotatable bonds is 6. The molecule has 5 N–H and O–H groups in total. The maximum atomic E-state index is 11.3. The Morgan fingerprint density at radius 2 is 1.73 bits per heavy atom. The van der Waals surface area contributed by atoms with Gasteiger partial charge in [-0.25, -0.2) is 9.59 Å². The molecule has 2 aromatic rings. The third-order valence-corrected chi connectivity index (χ3v) is 3.28. The van der Waals surface area contributed by atoms with Crippen molar-refractivity contribution in [1.29, 1.82) is 0 Å². The number of carbonyl (C=O) groups is 3. The van der Waals surface area contributed by atoms with E-state index in [4.69, 9.17) is 10.2 Å². The van der Waals surface area contributed by atoms with E-state index < -0.39 is 23.7 Å². The number of aromatic nitrogens is 1. The number of nitrogens with one attached hydrogen (secondary N) is 1. The Labute approximate surface area is 123 Å². The molecule has 2 rings (SSSR count). The quantitative estimate of drug-likeness (QED) is 0.545. The predicted molar refractivity (Wildman–Crippen MR) is 74.5 cm³/mol. The first-order chi connectivity index (χ1) is 10.3. The minimum Gasteiger partial charge on any atom is -0.507 e. The number of aromatic hydroxyl groups is 1. The number of carboxylic acids is 3. The van der Waals surface area contributed by atoms with Crippen LogP contribution in [0.3, 0.4) is 0 Å². The zero-order valence-corrected chi connectivity index (χ0v) is 11.3. The van der Waals surface area contributed by atoms with Crippen LogP contribution in [-0.2, 0) is 11.2 Å². The lowest BCUT2D eigenvalue weighted by Gasteiger charge is -2.03. The maximum absolute atomic E-state index is 11.3. The van der Waals surface area contributed by atoms with Gasteiger partial charge in [0.05, 0.1) is 5.52 Å². The summed E-state index contributed by atoms with van der Waals surface area (Å²) in [5.74, 6) is -4.05. The van der Waals surface area contributed by atoms with Crippen molar-refractivity contribution in [3.63, 3.8) is 0 Å². The van der Waals surface area contributed by atoms with E-state index in [1.165, 1.54) is 6.07 Å². The van der Waals surface area contributed by atoms with Gasteiger partial charge in [-0.3, -0.25) is 4.79 Å². The topological polar surface area (TPSA) is 148 Å². The molecule has 22 heavy (non-hydrogen) atoms. The van der Waals surface area contributed by atoms with Crippen LogP contribution in [0.15, 0.2) is 12.1 Å². The van der Waals surface area contributed by atoms with Gasteiger partial charge in [0.15, 0.2) is 0 Å². The molecule has 0 aliphatic carbocycles. The minimum absolute atomic E-state index is 0.129. The smallest absolute Gasteiger partial charge is 0.352 e. The fourth-order valence-electron chi connectivity index (χ4n) is 2.32. The number of aromatic amines is 1. The number of hydrogen-bond donors (Lipinski definition) is 5. The second kappa shape index (κ2) is 5.76. The van der Waals surface area contributed by atoms with E-state index in [0.29, 0.717) is 10.9 Å². The van der Waals surface area contributed by atoms with Crippen molar-refractivity contribution in [3.05, 3.63) is 29.0 Å². The summed E-state index contributed by atoms with van der Waals surface area (Å²) in [5, 5.41) is 36.9. The van der Waals surface area contributed by atoms with Gasteiger partial charge in [0.25, 0.3) is 0 Å². The fourth-order valence-corrected chi connectivity index (χ4v) is 2.32. The van der Waals surface area contributed by atoms with Gasteiger partial charge < -0.3 is 25.4 Å². The van der Waals surface area contributed by atoms with Gasteiger partial charge in [-0.2, -0.15) is 0 Å². The summed E-state index contributed by atoms with van der Waals surface area (Å²) in [5.41, 5.74) is 0.127. The van der Waals surface area contributed by atoms with E-state index in [9.17, 15) is 24.6 Å². The Balaban J connectivity index is 2.56. The Hall–Kier alpha value is -3.03. The van der Waals surface area contributed by atoms with Crippen molar-refractivity contribution in [2.45, 2.75) is 19.3 Å². The van der Waals surface area contributed by atoms with Crippen molar-refractivity contribution < 1.29 is 34.8 Å². The van der Waals surface area contributed by atoms with Crippen LogP contribution in [0, 0.1) is 0 Å². The van der Waals surface area contributed by atoms with Gasteiger partial charge in [0, 0.05) is 17.9 Å². The van der Waals surface area contributed by atoms with Crippen LogP contribution >= 0.6 is 0 Å². The zero-order valence-electron chi connectivity index (χ0n) is 11.3.